The summed E-state index contributed by atoms with van der Waals surface area (Å²) in [4.78, 5) is 2.13. The Kier molecular flexibility index (Phi) is 4.51. The molecular formula is C18H20FIN2O. The van der Waals surface area contributed by atoms with E-state index in [1.54, 1.807) is 0 Å². The molecule has 2 N–H and O–H groups in total. The van der Waals surface area contributed by atoms with Gasteiger partial charge in [0.1, 0.15) is 5.82 Å². The van der Waals surface area contributed by atoms with Gasteiger partial charge < -0.3 is 15.3 Å². The van der Waals surface area contributed by atoms with Gasteiger partial charge in [0.05, 0.1) is 23.6 Å². The van der Waals surface area contributed by atoms with Gasteiger partial charge in [0.25, 0.3) is 0 Å². The molecule has 3 rings (SSSR count). The number of hydrogen-bond acceptors (Lipinski definition) is 3. The molecule has 0 unspecified atom stereocenters. The van der Waals surface area contributed by atoms with Crippen molar-refractivity contribution in [3.63, 3.8) is 0 Å². The van der Waals surface area contributed by atoms with Gasteiger partial charge in [-0.15, -0.1) is 0 Å². The van der Waals surface area contributed by atoms with E-state index in [0.29, 0.717) is 17.6 Å². The van der Waals surface area contributed by atoms with Gasteiger partial charge in [0.2, 0.25) is 0 Å². The van der Waals surface area contributed by atoms with Gasteiger partial charge in [0, 0.05) is 11.0 Å². The SMILES string of the molecule is CC(C)(O)CN1CNc2cc(-c3ccc(F)c(CI)c3)ccc21. The monoisotopic (exact) mass is 426 g/mol. The first-order chi connectivity index (χ1) is 10.9. The fraction of sp³-hybridized carbons (Fsp3) is 0.333. The van der Waals surface area contributed by atoms with Crippen molar-refractivity contribution < 1.29 is 9.50 Å². The predicted molar refractivity (Wildman–Crippen MR) is 102 cm³/mol. The van der Waals surface area contributed by atoms with Crippen molar-refractivity contribution >= 4 is 34.0 Å². The zero-order chi connectivity index (χ0) is 16.6. The van der Waals surface area contributed by atoms with Crippen LogP contribution in [-0.2, 0) is 4.43 Å². The first-order valence-corrected chi connectivity index (χ1v) is 9.10. The minimum Gasteiger partial charge on any atom is -0.389 e. The molecule has 0 radical (unpaired) electrons. The van der Waals surface area contributed by atoms with Crippen molar-refractivity contribution in [2.75, 3.05) is 23.4 Å². The number of halogens is 2. The maximum atomic E-state index is 13.7. The second kappa shape index (κ2) is 6.28. The average Bonchev–Trinajstić information content (AvgIpc) is 2.88. The van der Waals surface area contributed by atoms with Crippen molar-refractivity contribution in [3.05, 3.63) is 47.8 Å². The topological polar surface area (TPSA) is 35.5 Å². The zero-order valence-electron chi connectivity index (χ0n) is 13.2. The van der Waals surface area contributed by atoms with Crippen LogP contribution in [-0.4, -0.2) is 23.9 Å². The molecule has 5 heteroatoms. The Balaban J connectivity index is 1.91. The standard InChI is InChI=1S/C18H20FIN2O/c1-18(2,23)10-22-11-21-16-8-13(4-6-17(16)22)12-3-5-15(19)14(7-12)9-20/h3-8,21,23H,9-11H2,1-2H3. The molecule has 0 saturated heterocycles. The molecule has 2 aromatic carbocycles. The van der Waals surface area contributed by atoms with Gasteiger partial charge in [-0.1, -0.05) is 34.7 Å². The Morgan fingerprint density at radius 1 is 1.22 bits per heavy atom. The smallest absolute Gasteiger partial charge is 0.127 e. The second-order valence-corrected chi connectivity index (χ2v) is 7.28. The molecule has 0 spiro atoms. The number of fused-ring (bicyclic) bond motifs is 1. The van der Waals surface area contributed by atoms with Crippen molar-refractivity contribution in [1.82, 2.24) is 0 Å². The highest BCUT2D eigenvalue weighted by atomic mass is 127. The van der Waals surface area contributed by atoms with Gasteiger partial charge >= 0.3 is 0 Å². The van der Waals surface area contributed by atoms with E-state index in [1.807, 2.05) is 32.0 Å². The summed E-state index contributed by atoms with van der Waals surface area (Å²) in [6.07, 6.45) is 0. The van der Waals surface area contributed by atoms with Crippen LogP contribution in [0.4, 0.5) is 15.8 Å². The lowest BCUT2D eigenvalue weighted by atomic mass is 10.0. The molecule has 0 bridgehead atoms. The lowest BCUT2D eigenvalue weighted by Crippen LogP contribution is -2.38. The summed E-state index contributed by atoms with van der Waals surface area (Å²) in [6.45, 7) is 4.87. The molecule has 0 fully saturated rings. The first kappa shape index (κ1) is 16.5. The Labute approximate surface area is 149 Å². The van der Waals surface area contributed by atoms with Crippen LogP contribution in [0.1, 0.15) is 19.4 Å². The molecule has 23 heavy (non-hydrogen) atoms. The normalized spacial score (nSPS) is 13.9. The van der Waals surface area contributed by atoms with Crippen LogP contribution in [0.5, 0.6) is 0 Å². The highest BCUT2D eigenvalue weighted by Gasteiger charge is 2.24. The van der Waals surface area contributed by atoms with Crippen molar-refractivity contribution in [2.45, 2.75) is 23.9 Å². The van der Waals surface area contributed by atoms with Crippen molar-refractivity contribution in [2.24, 2.45) is 0 Å². The number of hydrogen-bond donors (Lipinski definition) is 2. The van der Waals surface area contributed by atoms with Gasteiger partial charge in [0.15, 0.2) is 0 Å². The number of benzene rings is 2. The Hall–Kier alpha value is -1.34. The maximum absolute atomic E-state index is 13.7. The van der Waals surface area contributed by atoms with E-state index in [-0.39, 0.29) is 5.82 Å². The quantitative estimate of drug-likeness (QED) is 0.563. The van der Waals surface area contributed by atoms with Crippen LogP contribution in [0, 0.1) is 5.82 Å². The van der Waals surface area contributed by atoms with Gasteiger partial charge in [-0.2, -0.15) is 0 Å². The van der Waals surface area contributed by atoms with Crippen molar-refractivity contribution in [1.29, 1.82) is 0 Å². The molecule has 2 aromatic rings. The van der Waals surface area contributed by atoms with E-state index in [2.05, 4.69) is 44.9 Å². The summed E-state index contributed by atoms with van der Waals surface area (Å²) in [5, 5.41) is 13.4. The summed E-state index contributed by atoms with van der Waals surface area (Å²) in [6, 6.07) is 11.5. The average molecular weight is 426 g/mol. The molecule has 1 aliphatic heterocycles. The predicted octanol–water partition coefficient (Wildman–Crippen LogP) is 4.39. The van der Waals surface area contributed by atoms with Crippen molar-refractivity contribution in [3.8, 4) is 11.1 Å². The van der Waals surface area contributed by atoms with E-state index in [9.17, 15) is 9.50 Å². The largest absolute Gasteiger partial charge is 0.389 e. The molecule has 0 aliphatic carbocycles. The van der Waals surface area contributed by atoms with Gasteiger partial charge in [-0.25, -0.2) is 4.39 Å². The fourth-order valence-electron chi connectivity index (χ4n) is 2.86. The van der Waals surface area contributed by atoms with E-state index in [4.69, 9.17) is 0 Å². The van der Waals surface area contributed by atoms with Gasteiger partial charge in [-0.05, 0) is 54.8 Å². The number of β-amino-alcohol motifs (C(OH)–C–C–N with tert-alkyl or cyclic N) is 1. The second-order valence-electron chi connectivity index (χ2n) is 6.52. The molecule has 3 nitrogen and oxygen atoms in total. The minimum absolute atomic E-state index is 0.154. The van der Waals surface area contributed by atoms with Gasteiger partial charge in [-0.3, -0.25) is 0 Å². The Bertz CT molecular complexity index is 727. The summed E-state index contributed by atoms with van der Waals surface area (Å²) in [5.74, 6) is -0.154. The van der Waals surface area contributed by atoms with E-state index in [1.165, 1.54) is 6.07 Å². The number of nitrogens with zero attached hydrogens (tertiary/aromatic N) is 1. The number of aliphatic hydroxyl groups is 1. The molecule has 0 amide bonds. The summed E-state index contributed by atoms with van der Waals surface area (Å²) in [7, 11) is 0. The third-order valence-corrected chi connectivity index (χ3v) is 4.72. The third-order valence-electron chi connectivity index (χ3n) is 3.90. The lowest BCUT2D eigenvalue weighted by Gasteiger charge is -2.26. The Morgan fingerprint density at radius 3 is 2.61 bits per heavy atom. The molecule has 122 valence electrons. The molecule has 1 aliphatic rings. The van der Waals surface area contributed by atoms with Crippen LogP contribution >= 0.6 is 22.6 Å². The lowest BCUT2D eigenvalue weighted by molar-refractivity contribution is 0.0880. The number of anilines is 2. The summed E-state index contributed by atoms with van der Waals surface area (Å²) < 4.78 is 14.3. The van der Waals surface area contributed by atoms with E-state index < -0.39 is 5.60 Å². The maximum Gasteiger partial charge on any atom is 0.127 e. The molecule has 1 heterocycles. The number of nitrogens with one attached hydrogen (secondary N) is 1. The van der Waals surface area contributed by atoms with E-state index in [0.717, 1.165) is 28.1 Å². The minimum atomic E-state index is -0.742. The van der Waals surface area contributed by atoms with Crippen LogP contribution < -0.4 is 10.2 Å². The van der Waals surface area contributed by atoms with Crippen LogP contribution in [0.15, 0.2) is 36.4 Å². The third kappa shape index (κ3) is 3.61. The fourth-order valence-corrected chi connectivity index (χ4v) is 3.45. The summed E-state index contributed by atoms with van der Waals surface area (Å²) in [5.41, 5.74) is 4.20. The molecule has 0 saturated carbocycles. The first-order valence-electron chi connectivity index (χ1n) is 7.57. The Morgan fingerprint density at radius 2 is 1.91 bits per heavy atom. The summed E-state index contributed by atoms with van der Waals surface area (Å²) >= 11 is 2.18. The molecule has 0 atom stereocenters. The molecular weight excluding hydrogens is 406 g/mol. The zero-order valence-corrected chi connectivity index (χ0v) is 15.4. The van der Waals surface area contributed by atoms with E-state index >= 15 is 0 Å². The molecule has 0 aromatic heterocycles. The highest BCUT2D eigenvalue weighted by molar-refractivity contribution is 14.1. The van der Waals surface area contributed by atoms with Crippen LogP contribution in [0.2, 0.25) is 0 Å². The number of rotatable bonds is 4. The van der Waals surface area contributed by atoms with Crippen LogP contribution in [0.25, 0.3) is 11.1 Å². The van der Waals surface area contributed by atoms with Crippen LogP contribution in [0.3, 0.4) is 0 Å². The number of alkyl halides is 1. The highest BCUT2D eigenvalue weighted by Crippen LogP contribution is 2.36.